The summed E-state index contributed by atoms with van der Waals surface area (Å²) in [6.07, 6.45) is 3.71. The number of thiophene rings is 1. The number of rotatable bonds is 4. The van der Waals surface area contributed by atoms with E-state index in [0.717, 1.165) is 22.4 Å². The minimum atomic E-state index is 0.845. The largest absolute Gasteiger partial charge is 0.380 e. The fourth-order valence-electron chi connectivity index (χ4n) is 1.79. The fourth-order valence-corrected chi connectivity index (χ4v) is 3.18. The van der Waals surface area contributed by atoms with Gasteiger partial charge in [-0.1, -0.05) is 0 Å². The number of hydrogen-bond donors (Lipinski definition) is 1. The molecule has 0 radical (unpaired) electrons. The SMILES string of the molecule is Brc1csc(CNc2ccc(-n3cccn3)cc2)c1. The molecule has 2 heterocycles. The van der Waals surface area contributed by atoms with Gasteiger partial charge in [-0.15, -0.1) is 11.3 Å². The van der Waals surface area contributed by atoms with E-state index < -0.39 is 0 Å². The molecule has 0 saturated carbocycles. The first-order valence-corrected chi connectivity index (χ1v) is 7.55. The number of benzene rings is 1. The van der Waals surface area contributed by atoms with Crippen LogP contribution in [-0.4, -0.2) is 9.78 Å². The van der Waals surface area contributed by atoms with Crippen LogP contribution in [0.15, 0.2) is 58.6 Å². The average Bonchev–Trinajstić information content (AvgIpc) is 3.08. The molecular formula is C14H12BrN3S. The third-order valence-corrected chi connectivity index (χ3v) is 4.42. The Labute approximate surface area is 124 Å². The molecule has 0 aliphatic heterocycles. The summed E-state index contributed by atoms with van der Waals surface area (Å²) < 4.78 is 2.99. The highest BCUT2D eigenvalue weighted by molar-refractivity contribution is 9.10. The first-order chi connectivity index (χ1) is 9.31. The highest BCUT2D eigenvalue weighted by atomic mass is 79.9. The second kappa shape index (κ2) is 5.59. The summed E-state index contributed by atoms with van der Waals surface area (Å²) in [7, 11) is 0. The maximum atomic E-state index is 4.21. The van der Waals surface area contributed by atoms with Crippen molar-refractivity contribution < 1.29 is 0 Å². The van der Waals surface area contributed by atoms with E-state index in [2.05, 4.69) is 62.1 Å². The second-order valence-corrected chi connectivity index (χ2v) is 5.99. The van der Waals surface area contributed by atoms with Gasteiger partial charge in [0.05, 0.1) is 5.69 Å². The predicted molar refractivity (Wildman–Crippen MR) is 82.9 cm³/mol. The highest BCUT2D eigenvalue weighted by Crippen LogP contribution is 2.21. The van der Waals surface area contributed by atoms with Crippen molar-refractivity contribution in [2.24, 2.45) is 0 Å². The van der Waals surface area contributed by atoms with E-state index >= 15 is 0 Å². The van der Waals surface area contributed by atoms with Crippen LogP contribution in [0.3, 0.4) is 0 Å². The molecule has 0 aliphatic carbocycles. The number of nitrogens with one attached hydrogen (secondary N) is 1. The van der Waals surface area contributed by atoms with Crippen molar-refractivity contribution in [3.63, 3.8) is 0 Å². The smallest absolute Gasteiger partial charge is 0.0647 e. The van der Waals surface area contributed by atoms with Crippen LogP contribution in [-0.2, 0) is 6.54 Å². The number of hydrogen-bond acceptors (Lipinski definition) is 3. The van der Waals surface area contributed by atoms with Gasteiger partial charge in [-0.25, -0.2) is 4.68 Å². The quantitative estimate of drug-likeness (QED) is 0.771. The van der Waals surface area contributed by atoms with Gasteiger partial charge in [-0.3, -0.25) is 0 Å². The third-order valence-electron chi connectivity index (χ3n) is 2.72. The van der Waals surface area contributed by atoms with Gasteiger partial charge >= 0.3 is 0 Å². The molecule has 0 bridgehead atoms. The molecule has 1 N–H and O–H groups in total. The lowest BCUT2D eigenvalue weighted by molar-refractivity contribution is 0.880. The Bertz CT molecular complexity index is 644. The number of aromatic nitrogens is 2. The summed E-state index contributed by atoms with van der Waals surface area (Å²) in [5.41, 5.74) is 2.18. The summed E-state index contributed by atoms with van der Waals surface area (Å²) in [6, 6.07) is 12.3. The Hall–Kier alpha value is -1.59. The minimum absolute atomic E-state index is 0.845. The van der Waals surface area contributed by atoms with E-state index in [-0.39, 0.29) is 0 Å². The Morgan fingerprint density at radius 3 is 2.74 bits per heavy atom. The molecule has 3 rings (SSSR count). The Kier molecular flexibility index (Phi) is 3.66. The first kappa shape index (κ1) is 12.4. The predicted octanol–water partition coefficient (Wildman–Crippen LogP) is 4.31. The van der Waals surface area contributed by atoms with Gasteiger partial charge in [0.2, 0.25) is 0 Å². The maximum absolute atomic E-state index is 4.21. The van der Waals surface area contributed by atoms with Crippen LogP contribution >= 0.6 is 27.3 Å². The zero-order valence-corrected chi connectivity index (χ0v) is 12.5. The van der Waals surface area contributed by atoms with Crippen LogP contribution < -0.4 is 5.32 Å². The molecule has 3 aromatic rings. The van der Waals surface area contributed by atoms with Gasteiger partial charge in [0.1, 0.15) is 0 Å². The van der Waals surface area contributed by atoms with Crippen LogP contribution in [0.25, 0.3) is 5.69 Å². The summed E-state index contributed by atoms with van der Waals surface area (Å²) in [4.78, 5) is 1.31. The van der Waals surface area contributed by atoms with Crippen LogP contribution in [0.4, 0.5) is 5.69 Å². The standard InChI is InChI=1S/C14H12BrN3S/c15-11-8-14(19-10-11)9-16-12-2-4-13(5-3-12)18-7-1-6-17-18/h1-8,10,16H,9H2. The fraction of sp³-hybridized carbons (Fsp3) is 0.0714. The molecule has 19 heavy (non-hydrogen) atoms. The molecule has 0 aliphatic rings. The van der Waals surface area contributed by atoms with Crippen LogP contribution in [0.1, 0.15) is 4.88 Å². The lowest BCUT2D eigenvalue weighted by Gasteiger charge is -2.06. The number of nitrogens with zero attached hydrogens (tertiary/aromatic N) is 2. The summed E-state index contributed by atoms with van der Waals surface area (Å²) in [5.74, 6) is 0. The molecule has 0 amide bonds. The van der Waals surface area contributed by atoms with Gasteiger partial charge in [0, 0.05) is 39.4 Å². The van der Waals surface area contributed by atoms with Gasteiger partial charge in [-0.05, 0) is 52.3 Å². The van der Waals surface area contributed by atoms with Crippen molar-refractivity contribution in [3.8, 4) is 5.69 Å². The molecule has 0 saturated heterocycles. The van der Waals surface area contributed by atoms with Crippen molar-refractivity contribution in [2.45, 2.75) is 6.54 Å². The summed E-state index contributed by atoms with van der Waals surface area (Å²) >= 11 is 5.21. The Morgan fingerprint density at radius 1 is 1.26 bits per heavy atom. The van der Waals surface area contributed by atoms with Gasteiger partial charge in [0.25, 0.3) is 0 Å². The molecule has 0 fully saturated rings. The first-order valence-electron chi connectivity index (χ1n) is 5.88. The van der Waals surface area contributed by atoms with Crippen molar-refractivity contribution in [1.29, 1.82) is 0 Å². The lowest BCUT2D eigenvalue weighted by atomic mass is 10.3. The molecule has 2 aromatic heterocycles. The Morgan fingerprint density at radius 2 is 2.11 bits per heavy atom. The molecule has 1 aromatic carbocycles. The van der Waals surface area contributed by atoms with E-state index in [9.17, 15) is 0 Å². The highest BCUT2D eigenvalue weighted by Gasteiger charge is 1.99. The minimum Gasteiger partial charge on any atom is -0.380 e. The molecule has 0 unspecified atom stereocenters. The monoisotopic (exact) mass is 333 g/mol. The summed E-state index contributed by atoms with van der Waals surface area (Å²) in [6.45, 7) is 0.845. The summed E-state index contributed by atoms with van der Waals surface area (Å²) in [5, 5.41) is 9.71. The average molecular weight is 334 g/mol. The second-order valence-electron chi connectivity index (χ2n) is 4.08. The van der Waals surface area contributed by atoms with Crippen LogP contribution in [0.5, 0.6) is 0 Å². The Balaban J connectivity index is 1.66. The van der Waals surface area contributed by atoms with Crippen molar-refractivity contribution in [3.05, 3.63) is 63.5 Å². The van der Waals surface area contributed by atoms with Crippen LogP contribution in [0.2, 0.25) is 0 Å². The third kappa shape index (κ3) is 3.05. The van der Waals surface area contributed by atoms with E-state index in [0.29, 0.717) is 0 Å². The van der Waals surface area contributed by atoms with Gasteiger partial charge in [-0.2, -0.15) is 5.10 Å². The maximum Gasteiger partial charge on any atom is 0.0647 e. The normalized spacial score (nSPS) is 10.6. The number of halogens is 1. The van der Waals surface area contributed by atoms with E-state index in [1.54, 1.807) is 17.5 Å². The van der Waals surface area contributed by atoms with Crippen molar-refractivity contribution in [2.75, 3.05) is 5.32 Å². The van der Waals surface area contributed by atoms with Crippen LogP contribution in [0, 0.1) is 0 Å². The van der Waals surface area contributed by atoms with E-state index in [1.807, 2.05) is 16.9 Å². The molecule has 0 atom stereocenters. The molecule has 0 spiro atoms. The topological polar surface area (TPSA) is 29.9 Å². The van der Waals surface area contributed by atoms with Gasteiger partial charge < -0.3 is 5.32 Å². The molecule has 3 nitrogen and oxygen atoms in total. The lowest BCUT2D eigenvalue weighted by Crippen LogP contribution is -1.98. The molecular weight excluding hydrogens is 322 g/mol. The zero-order chi connectivity index (χ0) is 13.1. The molecule has 96 valence electrons. The molecule has 5 heteroatoms. The number of anilines is 1. The van der Waals surface area contributed by atoms with E-state index in [1.165, 1.54) is 4.88 Å². The van der Waals surface area contributed by atoms with E-state index in [4.69, 9.17) is 0 Å². The zero-order valence-electron chi connectivity index (χ0n) is 10.1. The van der Waals surface area contributed by atoms with Crippen molar-refractivity contribution >= 4 is 33.0 Å². The van der Waals surface area contributed by atoms with Gasteiger partial charge in [0.15, 0.2) is 0 Å². The van der Waals surface area contributed by atoms with Crippen molar-refractivity contribution in [1.82, 2.24) is 9.78 Å².